The first-order valence-corrected chi connectivity index (χ1v) is 7.00. The van der Waals surface area contributed by atoms with E-state index in [4.69, 9.17) is 0 Å². The lowest BCUT2D eigenvalue weighted by Crippen LogP contribution is -2.25. The van der Waals surface area contributed by atoms with Gasteiger partial charge in [0.25, 0.3) is 5.91 Å². The van der Waals surface area contributed by atoms with Crippen molar-refractivity contribution in [3.63, 3.8) is 0 Å². The van der Waals surface area contributed by atoms with Crippen LogP contribution in [0.25, 0.3) is 0 Å². The van der Waals surface area contributed by atoms with E-state index >= 15 is 0 Å². The van der Waals surface area contributed by atoms with E-state index < -0.39 is 0 Å². The summed E-state index contributed by atoms with van der Waals surface area (Å²) in [5, 5.41) is 10.4. The Hall–Kier alpha value is -1.82. The Morgan fingerprint density at radius 3 is 2.68 bits per heavy atom. The summed E-state index contributed by atoms with van der Waals surface area (Å²) in [6.45, 7) is 4.44. The highest BCUT2D eigenvalue weighted by molar-refractivity contribution is 7.99. The van der Waals surface area contributed by atoms with Gasteiger partial charge in [-0.25, -0.2) is 4.98 Å². The SMILES string of the molecule is Cc1ccc(C(=O)NCCSc2n[nH]c(C)n2)cc1. The van der Waals surface area contributed by atoms with E-state index in [1.165, 1.54) is 11.8 Å². The van der Waals surface area contributed by atoms with Crippen molar-refractivity contribution in [2.24, 2.45) is 0 Å². The molecule has 100 valence electrons. The fourth-order valence-corrected chi connectivity index (χ4v) is 2.20. The normalized spacial score (nSPS) is 10.4. The van der Waals surface area contributed by atoms with Gasteiger partial charge < -0.3 is 5.32 Å². The second kappa shape index (κ2) is 6.38. The van der Waals surface area contributed by atoms with Gasteiger partial charge in [0.05, 0.1) is 0 Å². The Bertz CT molecular complexity index is 550. The van der Waals surface area contributed by atoms with Crippen molar-refractivity contribution in [1.82, 2.24) is 20.5 Å². The predicted molar refractivity (Wildman–Crippen MR) is 75.4 cm³/mol. The van der Waals surface area contributed by atoms with Gasteiger partial charge in [0.2, 0.25) is 5.16 Å². The molecule has 1 aromatic heterocycles. The van der Waals surface area contributed by atoms with Crippen molar-refractivity contribution < 1.29 is 4.79 Å². The lowest BCUT2D eigenvalue weighted by Gasteiger charge is -2.04. The molecule has 19 heavy (non-hydrogen) atoms. The van der Waals surface area contributed by atoms with Crippen molar-refractivity contribution >= 4 is 17.7 Å². The number of H-pyrrole nitrogens is 1. The van der Waals surface area contributed by atoms with Crippen molar-refractivity contribution in [3.05, 3.63) is 41.2 Å². The summed E-state index contributed by atoms with van der Waals surface area (Å²) in [5.74, 6) is 1.49. The summed E-state index contributed by atoms with van der Waals surface area (Å²) < 4.78 is 0. The van der Waals surface area contributed by atoms with Crippen LogP contribution in [0.3, 0.4) is 0 Å². The zero-order valence-electron chi connectivity index (χ0n) is 10.9. The molecule has 0 radical (unpaired) electrons. The van der Waals surface area contributed by atoms with Crippen LogP contribution in [0, 0.1) is 13.8 Å². The van der Waals surface area contributed by atoms with E-state index in [2.05, 4.69) is 20.5 Å². The maximum absolute atomic E-state index is 11.8. The number of hydrogen-bond donors (Lipinski definition) is 2. The number of amides is 1. The molecule has 6 heteroatoms. The molecule has 1 heterocycles. The average molecular weight is 276 g/mol. The summed E-state index contributed by atoms with van der Waals surface area (Å²) in [5.41, 5.74) is 1.83. The summed E-state index contributed by atoms with van der Waals surface area (Å²) in [6, 6.07) is 7.52. The minimum Gasteiger partial charge on any atom is -0.351 e. The number of carbonyl (C=O) groups excluding carboxylic acids is 1. The van der Waals surface area contributed by atoms with Crippen LogP contribution < -0.4 is 5.32 Å². The number of rotatable bonds is 5. The first-order chi connectivity index (χ1) is 9.15. The number of hydrogen-bond acceptors (Lipinski definition) is 4. The highest BCUT2D eigenvalue weighted by Crippen LogP contribution is 2.10. The van der Waals surface area contributed by atoms with E-state index in [1.807, 2.05) is 38.1 Å². The summed E-state index contributed by atoms with van der Waals surface area (Å²) in [6.07, 6.45) is 0. The minimum absolute atomic E-state index is 0.0493. The van der Waals surface area contributed by atoms with Gasteiger partial charge in [0, 0.05) is 17.9 Å². The first-order valence-electron chi connectivity index (χ1n) is 6.02. The van der Waals surface area contributed by atoms with Gasteiger partial charge in [-0.05, 0) is 26.0 Å². The fourth-order valence-electron chi connectivity index (χ4n) is 1.50. The lowest BCUT2D eigenvalue weighted by atomic mass is 10.1. The molecule has 1 amide bonds. The monoisotopic (exact) mass is 276 g/mol. The summed E-state index contributed by atoms with van der Waals surface area (Å²) in [4.78, 5) is 16.0. The van der Waals surface area contributed by atoms with E-state index in [0.29, 0.717) is 17.3 Å². The molecular formula is C13H16N4OS. The van der Waals surface area contributed by atoms with Gasteiger partial charge >= 0.3 is 0 Å². The second-order valence-electron chi connectivity index (χ2n) is 4.17. The number of aromatic nitrogens is 3. The van der Waals surface area contributed by atoms with Gasteiger partial charge in [0.1, 0.15) is 5.82 Å². The highest BCUT2D eigenvalue weighted by Gasteiger charge is 2.05. The van der Waals surface area contributed by atoms with Crippen molar-refractivity contribution in [2.45, 2.75) is 19.0 Å². The van der Waals surface area contributed by atoms with Gasteiger partial charge in [-0.3, -0.25) is 9.89 Å². The second-order valence-corrected chi connectivity index (χ2v) is 5.24. The van der Waals surface area contributed by atoms with E-state index in [1.54, 1.807) is 0 Å². The molecule has 0 unspecified atom stereocenters. The molecule has 2 rings (SSSR count). The molecule has 0 saturated heterocycles. The largest absolute Gasteiger partial charge is 0.351 e. The zero-order chi connectivity index (χ0) is 13.7. The Kier molecular flexibility index (Phi) is 4.57. The van der Waals surface area contributed by atoms with Crippen LogP contribution in [0.4, 0.5) is 0 Å². The van der Waals surface area contributed by atoms with Crippen LogP contribution >= 0.6 is 11.8 Å². The molecule has 2 aromatic rings. The molecule has 0 aliphatic rings. The van der Waals surface area contributed by atoms with Crippen LogP contribution in [0.5, 0.6) is 0 Å². The Balaban J connectivity index is 1.73. The number of benzene rings is 1. The molecule has 0 bridgehead atoms. The molecule has 0 spiro atoms. The van der Waals surface area contributed by atoms with Crippen LogP contribution in [-0.2, 0) is 0 Å². The summed E-state index contributed by atoms with van der Waals surface area (Å²) >= 11 is 1.51. The molecule has 0 fully saturated rings. The highest BCUT2D eigenvalue weighted by atomic mass is 32.2. The molecule has 0 aliphatic heterocycles. The quantitative estimate of drug-likeness (QED) is 0.647. The average Bonchev–Trinajstić information content (AvgIpc) is 2.81. The number of nitrogens with one attached hydrogen (secondary N) is 2. The Morgan fingerprint density at radius 2 is 2.05 bits per heavy atom. The molecule has 1 aromatic carbocycles. The van der Waals surface area contributed by atoms with Gasteiger partial charge in [-0.15, -0.1) is 5.10 Å². The molecule has 0 aliphatic carbocycles. The number of thioether (sulfide) groups is 1. The van der Waals surface area contributed by atoms with E-state index in [9.17, 15) is 4.79 Å². The third kappa shape index (κ3) is 4.10. The van der Waals surface area contributed by atoms with Gasteiger partial charge in [-0.2, -0.15) is 0 Å². The van der Waals surface area contributed by atoms with Crippen LogP contribution in [0.1, 0.15) is 21.7 Å². The van der Waals surface area contributed by atoms with Crippen LogP contribution in [0.15, 0.2) is 29.4 Å². The number of carbonyl (C=O) groups is 1. The Labute approximate surface area is 116 Å². The standard InChI is InChI=1S/C13H16N4OS/c1-9-3-5-11(6-4-9)12(18)14-7-8-19-13-15-10(2)16-17-13/h3-6H,7-8H2,1-2H3,(H,14,18)(H,15,16,17). The van der Waals surface area contributed by atoms with Crippen molar-refractivity contribution in [1.29, 1.82) is 0 Å². The third-order valence-electron chi connectivity index (χ3n) is 2.51. The molecule has 5 nitrogen and oxygen atoms in total. The molecule has 2 N–H and O–H groups in total. The van der Waals surface area contributed by atoms with Crippen LogP contribution in [-0.4, -0.2) is 33.4 Å². The van der Waals surface area contributed by atoms with Crippen molar-refractivity contribution in [3.8, 4) is 0 Å². The molecular weight excluding hydrogens is 260 g/mol. The van der Waals surface area contributed by atoms with Gasteiger partial charge in [0.15, 0.2) is 0 Å². The predicted octanol–water partition coefficient (Wildman–Crippen LogP) is 1.94. The zero-order valence-corrected chi connectivity index (χ0v) is 11.8. The smallest absolute Gasteiger partial charge is 0.251 e. The molecule has 0 saturated carbocycles. The van der Waals surface area contributed by atoms with Gasteiger partial charge in [-0.1, -0.05) is 29.5 Å². The Morgan fingerprint density at radius 1 is 1.32 bits per heavy atom. The maximum atomic E-state index is 11.8. The minimum atomic E-state index is -0.0493. The fraction of sp³-hybridized carbons (Fsp3) is 0.308. The van der Waals surface area contributed by atoms with Crippen LogP contribution in [0.2, 0.25) is 0 Å². The third-order valence-corrected chi connectivity index (χ3v) is 3.36. The number of aryl methyl sites for hydroxylation is 2. The van der Waals surface area contributed by atoms with E-state index in [-0.39, 0.29) is 5.91 Å². The number of aromatic amines is 1. The maximum Gasteiger partial charge on any atom is 0.251 e. The topological polar surface area (TPSA) is 70.7 Å². The number of nitrogens with zero attached hydrogens (tertiary/aromatic N) is 2. The molecule has 0 atom stereocenters. The van der Waals surface area contributed by atoms with E-state index in [0.717, 1.165) is 17.1 Å². The lowest BCUT2D eigenvalue weighted by molar-refractivity contribution is 0.0956. The first kappa shape index (κ1) is 13.6. The van der Waals surface area contributed by atoms with Crippen molar-refractivity contribution in [2.75, 3.05) is 12.3 Å². The summed E-state index contributed by atoms with van der Waals surface area (Å²) in [7, 11) is 0.